The van der Waals surface area contributed by atoms with Crippen LogP contribution in [0.15, 0.2) is 49.2 Å². The lowest BCUT2D eigenvalue weighted by atomic mass is 9.53. The van der Waals surface area contributed by atoms with Crippen LogP contribution in [0.4, 0.5) is 0 Å². The molecule has 1 N–H and O–H groups in total. The van der Waals surface area contributed by atoms with Crippen LogP contribution in [0.5, 0.6) is 0 Å². The second-order valence-corrected chi connectivity index (χ2v) is 9.77. The van der Waals surface area contributed by atoms with Crippen molar-refractivity contribution in [2.75, 3.05) is 12.0 Å². The van der Waals surface area contributed by atoms with Gasteiger partial charge in [-0.15, -0.1) is 0 Å². The Balaban J connectivity index is 1.31. The molecule has 0 spiro atoms. The Morgan fingerprint density at radius 1 is 1.19 bits per heavy atom. The second-order valence-electron chi connectivity index (χ2n) is 8.86. The highest BCUT2D eigenvalue weighted by Crippen LogP contribution is 2.55. The number of hydrogen-bond acceptors (Lipinski definition) is 3. The third kappa shape index (κ3) is 4.57. The zero-order valence-electron chi connectivity index (χ0n) is 16.5. The molecule has 4 aliphatic carbocycles. The molecular weight excluding hydrogens is 348 g/mol. The van der Waals surface area contributed by atoms with Gasteiger partial charge in [0.2, 0.25) is 0 Å². The number of rotatable bonds is 8. The topological polar surface area (TPSA) is 24.9 Å². The molecule has 0 aliphatic heterocycles. The third-order valence-electron chi connectivity index (χ3n) is 6.69. The van der Waals surface area contributed by atoms with Crippen LogP contribution in [-0.2, 0) is 6.54 Å². The number of thioether (sulfide) groups is 1. The van der Waals surface area contributed by atoms with Crippen LogP contribution in [0.2, 0.25) is 0 Å². The molecule has 0 radical (unpaired) electrons. The molecule has 4 saturated carbocycles. The largest absolute Gasteiger partial charge is 0.306 e. The van der Waals surface area contributed by atoms with Gasteiger partial charge in [0.25, 0.3) is 0 Å². The molecule has 1 heterocycles. The van der Waals surface area contributed by atoms with Gasteiger partial charge in [0, 0.05) is 24.0 Å². The standard InChI is InChI=1S/C24H32N2S/c1-18(6-4-3-5-9-27-2)22-7-8-23(25-16-22)17-26-24-13-19-10-20(14-24)12-21(11-19)15-24/h3-8,16,19-21,26H,1,9-15,17H2,2H3/b5-3-,6-4-. The molecule has 4 aliphatic rings. The van der Waals surface area contributed by atoms with Gasteiger partial charge in [0.15, 0.2) is 0 Å². The fourth-order valence-corrected chi connectivity index (χ4v) is 6.13. The molecule has 0 aromatic carbocycles. The molecule has 1 aromatic heterocycles. The smallest absolute Gasteiger partial charge is 0.0542 e. The lowest BCUT2D eigenvalue weighted by Gasteiger charge is -2.57. The highest BCUT2D eigenvalue weighted by atomic mass is 32.2. The number of nitrogens with one attached hydrogen (secondary N) is 1. The van der Waals surface area contributed by atoms with Crippen molar-refractivity contribution in [3.8, 4) is 0 Å². The van der Waals surface area contributed by atoms with Gasteiger partial charge in [0.1, 0.15) is 0 Å². The van der Waals surface area contributed by atoms with E-state index in [1.54, 1.807) is 0 Å². The molecule has 144 valence electrons. The van der Waals surface area contributed by atoms with Crippen molar-refractivity contribution in [1.82, 2.24) is 10.3 Å². The fraction of sp³-hybridized carbons (Fsp3) is 0.542. The van der Waals surface area contributed by atoms with Gasteiger partial charge in [-0.25, -0.2) is 0 Å². The first kappa shape index (κ1) is 19.0. The van der Waals surface area contributed by atoms with E-state index < -0.39 is 0 Å². The number of nitrogens with zero attached hydrogens (tertiary/aromatic N) is 1. The first-order valence-electron chi connectivity index (χ1n) is 10.4. The van der Waals surface area contributed by atoms with Crippen molar-refractivity contribution in [2.24, 2.45) is 17.8 Å². The van der Waals surface area contributed by atoms with E-state index in [-0.39, 0.29) is 0 Å². The number of pyridine rings is 1. The Labute approximate surface area is 168 Å². The Morgan fingerprint density at radius 2 is 1.89 bits per heavy atom. The van der Waals surface area contributed by atoms with E-state index in [2.05, 4.69) is 54.6 Å². The summed E-state index contributed by atoms with van der Waals surface area (Å²) in [4.78, 5) is 4.70. The summed E-state index contributed by atoms with van der Waals surface area (Å²) >= 11 is 1.82. The van der Waals surface area contributed by atoms with Gasteiger partial charge < -0.3 is 5.32 Å². The van der Waals surface area contributed by atoms with Crippen molar-refractivity contribution < 1.29 is 0 Å². The first-order valence-corrected chi connectivity index (χ1v) is 11.8. The maximum Gasteiger partial charge on any atom is 0.0542 e. The number of allylic oxidation sites excluding steroid dienone is 4. The minimum atomic E-state index is 0.407. The molecule has 5 rings (SSSR count). The van der Waals surface area contributed by atoms with E-state index in [0.29, 0.717) is 5.54 Å². The SMILES string of the molecule is C=C(/C=C\C=C/CSC)c1ccc(CNC23CC4CC(CC(C4)C2)C3)nc1. The summed E-state index contributed by atoms with van der Waals surface area (Å²) < 4.78 is 0. The van der Waals surface area contributed by atoms with Gasteiger partial charge in [-0.3, -0.25) is 4.98 Å². The minimum absolute atomic E-state index is 0.407. The molecule has 3 heteroatoms. The van der Waals surface area contributed by atoms with Crippen LogP contribution >= 0.6 is 11.8 Å². The van der Waals surface area contributed by atoms with Gasteiger partial charge in [-0.05, 0) is 79.7 Å². The highest BCUT2D eigenvalue weighted by Gasteiger charge is 2.50. The molecule has 4 fully saturated rings. The molecule has 1 aromatic rings. The summed E-state index contributed by atoms with van der Waals surface area (Å²) in [6.07, 6.45) is 21.1. The zero-order chi connectivity index (χ0) is 18.7. The van der Waals surface area contributed by atoms with E-state index in [9.17, 15) is 0 Å². The van der Waals surface area contributed by atoms with Gasteiger partial charge >= 0.3 is 0 Å². The average molecular weight is 381 g/mol. The Hall–Kier alpha value is -1.32. The van der Waals surface area contributed by atoms with Crippen LogP contribution in [0.1, 0.15) is 49.8 Å². The molecule has 2 nitrogen and oxygen atoms in total. The molecule has 0 saturated heterocycles. The third-order valence-corrected chi connectivity index (χ3v) is 7.21. The normalized spacial score (nSPS) is 32.0. The van der Waals surface area contributed by atoms with Crippen LogP contribution in [0.3, 0.4) is 0 Å². The average Bonchev–Trinajstić information content (AvgIpc) is 2.65. The van der Waals surface area contributed by atoms with Crippen molar-refractivity contribution in [1.29, 1.82) is 0 Å². The monoisotopic (exact) mass is 380 g/mol. The summed E-state index contributed by atoms with van der Waals surface area (Å²) in [5.41, 5.74) is 3.66. The summed E-state index contributed by atoms with van der Waals surface area (Å²) in [5.74, 6) is 4.00. The van der Waals surface area contributed by atoms with Crippen LogP contribution in [-0.4, -0.2) is 22.5 Å². The number of hydrogen-bond donors (Lipinski definition) is 1. The van der Waals surface area contributed by atoms with E-state index in [0.717, 1.165) is 46.9 Å². The van der Waals surface area contributed by atoms with Crippen LogP contribution in [0.25, 0.3) is 5.57 Å². The first-order chi connectivity index (χ1) is 13.2. The maximum atomic E-state index is 4.70. The molecule has 27 heavy (non-hydrogen) atoms. The Bertz CT molecular complexity index is 681. The second kappa shape index (κ2) is 8.36. The molecule has 0 amide bonds. The van der Waals surface area contributed by atoms with Crippen LogP contribution in [0, 0.1) is 17.8 Å². The van der Waals surface area contributed by atoms with Gasteiger partial charge in [0.05, 0.1) is 5.69 Å². The van der Waals surface area contributed by atoms with Crippen molar-refractivity contribution in [3.63, 3.8) is 0 Å². The van der Waals surface area contributed by atoms with Gasteiger partial charge in [-0.2, -0.15) is 11.8 Å². The molecule has 4 bridgehead atoms. The summed E-state index contributed by atoms with van der Waals surface area (Å²) in [7, 11) is 0. The predicted molar refractivity (Wildman–Crippen MR) is 118 cm³/mol. The Morgan fingerprint density at radius 3 is 2.48 bits per heavy atom. The molecule has 0 atom stereocenters. The quantitative estimate of drug-likeness (QED) is 0.592. The predicted octanol–water partition coefficient (Wildman–Crippen LogP) is 5.63. The van der Waals surface area contributed by atoms with E-state index in [1.807, 2.05) is 18.0 Å². The lowest BCUT2D eigenvalue weighted by molar-refractivity contribution is -0.0207. The van der Waals surface area contributed by atoms with E-state index in [4.69, 9.17) is 4.98 Å². The number of aromatic nitrogens is 1. The van der Waals surface area contributed by atoms with Crippen molar-refractivity contribution in [3.05, 3.63) is 60.5 Å². The fourth-order valence-electron chi connectivity index (χ4n) is 5.82. The molecule has 0 unspecified atom stereocenters. The summed E-state index contributed by atoms with van der Waals surface area (Å²) in [6.45, 7) is 5.06. The van der Waals surface area contributed by atoms with Crippen molar-refractivity contribution >= 4 is 17.3 Å². The summed E-state index contributed by atoms with van der Waals surface area (Å²) in [5, 5.41) is 3.94. The van der Waals surface area contributed by atoms with Crippen LogP contribution < -0.4 is 5.32 Å². The van der Waals surface area contributed by atoms with E-state index in [1.165, 1.54) is 38.5 Å². The van der Waals surface area contributed by atoms with E-state index >= 15 is 0 Å². The zero-order valence-corrected chi connectivity index (χ0v) is 17.3. The maximum absolute atomic E-state index is 4.70. The lowest BCUT2D eigenvalue weighted by Crippen LogP contribution is -2.58. The van der Waals surface area contributed by atoms with Gasteiger partial charge in [-0.1, -0.05) is 36.9 Å². The van der Waals surface area contributed by atoms with Crippen molar-refractivity contribution in [2.45, 2.75) is 50.6 Å². The Kier molecular flexibility index (Phi) is 5.89. The molecular formula is C24H32N2S. The minimum Gasteiger partial charge on any atom is -0.306 e. The summed E-state index contributed by atoms with van der Waals surface area (Å²) in [6, 6.07) is 4.31. The highest BCUT2D eigenvalue weighted by molar-refractivity contribution is 7.98.